The first kappa shape index (κ1) is 8.68. The largest absolute Gasteiger partial charge is 0.288 e. The molecule has 74 valence electrons. The summed E-state index contributed by atoms with van der Waals surface area (Å²) >= 11 is 6.06. The van der Waals surface area contributed by atoms with Crippen LogP contribution in [0, 0.1) is 0 Å². The van der Waals surface area contributed by atoms with Gasteiger partial charge in [-0.1, -0.05) is 17.7 Å². The third-order valence-electron chi connectivity index (χ3n) is 2.44. The second-order valence-corrected chi connectivity index (χ2v) is 3.80. The Hall–Kier alpha value is -1.61. The van der Waals surface area contributed by atoms with E-state index in [1.807, 2.05) is 18.5 Å². The number of halogens is 1. The predicted octanol–water partition coefficient (Wildman–Crippen LogP) is 2.46. The molecule has 1 aliphatic heterocycles. The zero-order valence-corrected chi connectivity index (χ0v) is 8.65. The number of hydrogen-bond donors (Lipinski definition) is 0. The van der Waals surface area contributed by atoms with E-state index in [-0.39, 0.29) is 0 Å². The highest BCUT2D eigenvalue weighted by atomic mass is 35.5. The van der Waals surface area contributed by atoms with E-state index in [0.29, 0.717) is 5.02 Å². The Labute approximate surface area is 91.7 Å². The standard InChI is InChI=1S/C11H8ClN3/c12-10-2-4-14-15-7-9(5-11(10)15)8-1-3-13-6-8/h1-2,4-7H,3H2. The Balaban J connectivity index is 2.22. The van der Waals surface area contributed by atoms with Gasteiger partial charge >= 0.3 is 0 Å². The number of aromatic nitrogens is 2. The van der Waals surface area contributed by atoms with Crippen molar-refractivity contribution in [3.8, 4) is 0 Å². The van der Waals surface area contributed by atoms with E-state index < -0.39 is 0 Å². The van der Waals surface area contributed by atoms with E-state index in [1.54, 1.807) is 16.8 Å². The lowest BCUT2D eigenvalue weighted by Crippen LogP contribution is -1.87. The molecule has 0 aliphatic carbocycles. The maximum absolute atomic E-state index is 6.06. The number of rotatable bonds is 1. The van der Waals surface area contributed by atoms with Gasteiger partial charge in [0.2, 0.25) is 0 Å². The molecule has 0 aromatic carbocycles. The quantitative estimate of drug-likeness (QED) is 0.722. The van der Waals surface area contributed by atoms with E-state index >= 15 is 0 Å². The normalized spacial score (nSPS) is 14.9. The van der Waals surface area contributed by atoms with Crippen LogP contribution in [-0.2, 0) is 0 Å². The average Bonchev–Trinajstić information content (AvgIpc) is 2.86. The van der Waals surface area contributed by atoms with Gasteiger partial charge in [0.05, 0.1) is 17.1 Å². The molecule has 0 N–H and O–H groups in total. The molecule has 0 saturated carbocycles. The SMILES string of the molecule is Clc1ccnn2cc(C3=CCN=C3)cc12. The summed E-state index contributed by atoms with van der Waals surface area (Å²) in [5.41, 5.74) is 3.17. The van der Waals surface area contributed by atoms with Crippen LogP contribution in [0.25, 0.3) is 11.1 Å². The first-order valence-corrected chi connectivity index (χ1v) is 5.06. The van der Waals surface area contributed by atoms with Crippen molar-refractivity contribution in [1.82, 2.24) is 9.61 Å². The topological polar surface area (TPSA) is 29.7 Å². The Morgan fingerprint density at radius 2 is 2.33 bits per heavy atom. The van der Waals surface area contributed by atoms with E-state index in [0.717, 1.165) is 23.2 Å². The fourth-order valence-corrected chi connectivity index (χ4v) is 1.88. The van der Waals surface area contributed by atoms with Gasteiger partial charge in [-0.3, -0.25) is 4.99 Å². The van der Waals surface area contributed by atoms with E-state index in [1.165, 1.54) is 0 Å². The van der Waals surface area contributed by atoms with Crippen LogP contribution >= 0.6 is 11.6 Å². The first-order chi connectivity index (χ1) is 7.34. The molecule has 4 heteroatoms. The van der Waals surface area contributed by atoms with E-state index in [9.17, 15) is 0 Å². The molecule has 3 rings (SSSR count). The van der Waals surface area contributed by atoms with Crippen LogP contribution in [0.1, 0.15) is 5.56 Å². The number of nitrogens with zero attached hydrogens (tertiary/aromatic N) is 3. The van der Waals surface area contributed by atoms with Gasteiger partial charge in [0.25, 0.3) is 0 Å². The van der Waals surface area contributed by atoms with Crippen molar-refractivity contribution in [2.75, 3.05) is 6.54 Å². The van der Waals surface area contributed by atoms with Crippen molar-refractivity contribution in [2.45, 2.75) is 0 Å². The highest BCUT2D eigenvalue weighted by molar-refractivity contribution is 6.33. The van der Waals surface area contributed by atoms with Crippen molar-refractivity contribution in [2.24, 2.45) is 4.99 Å². The highest BCUT2D eigenvalue weighted by Crippen LogP contribution is 2.23. The maximum atomic E-state index is 6.06. The van der Waals surface area contributed by atoms with E-state index in [2.05, 4.69) is 16.2 Å². The first-order valence-electron chi connectivity index (χ1n) is 4.68. The fraction of sp³-hybridized carbons (Fsp3) is 0.0909. The molecule has 1 aliphatic rings. The summed E-state index contributed by atoms with van der Waals surface area (Å²) in [5.74, 6) is 0. The molecular formula is C11H8ClN3. The maximum Gasteiger partial charge on any atom is 0.0839 e. The third kappa shape index (κ3) is 1.36. The third-order valence-corrected chi connectivity index (χ3v) is 2.76. The summed E-state index contributed by atoms with van der Waals surface area (Å²) in [5, 5.41) is 4.91. The van der Waals surface area contributed by atoms with Gasteiger partial charge in [0.1, 0.15) is 0 Å². The van der Waals surface area contributed by atoms with Gasteiger partial charge < -0.3 is 0 Å². The Kier molecular flexibility index (Phi) is 1.86. The molecule has 0 unspecified atom stereocenters. The van der Waals surface area contributed by atoms with Crippen molar-refractivity contribution in [3.05, 3.63) is 41.2 Å². The van der Waals surface area contributed by atoms with Crippen LogP contribution in [0.2, 0.25) is 5.02 Å². The number of hydrogen-bond acceptors (Lipinski definition) is 2. The Morgan fingerprint density at radius 3 is 3.07 bits per heavy atom. The summed E-state index contributed by atoms with van der Waals surface area (Å²) in [6.07, 6.45) is 7.62. The van der Waals surface area contributed by atoms with Crippen molar-refractivity contribution < 1.29 is 0 Å². The zero-order chi connectivity index (χ0) is 10.3. The lowest BCUT2D eigenvalue weighted by molar-refractivity contribution is 0.940. The monoisotopic (exact) mass is 217 g/mol. The van der Waals surface area contributed by atoms with Crippen LogP contribution in [0.15, 0.2) is 35.6 Å². The summed E-state index contributed by atoms with van der Waals surface area (Å²) in [7, 11) is 0. The molecule has 0 bridgehead atoms. The summed E-state index contributed by atoms with van der Waals surface area (Å²) in [6.45, 7) is 0.767. The lowest BCUT2D eigenvalue weighted by atomic mass is 10.1. The van der Waals surface area contributed by atoms with Gasteiger partial charge in [0, 0.05) is 24.2 Å². The smallest absolute Gasteiger partial charge is 0.0839 e. The van der Waals surface area contributed by atoms with Gasteiger partial charge in [-0.15, -0.1) is 0 Å². The van der Waals surface area contributed by atoms with Crippen LogP contribution in [-0.4, -0.2) is 22.4 Å². The van der Waals surface area contributed by atoms with Crippen molar-refractivity contribution in [3.63, 3.8) is 0 Å². The molecule has 0 spiro atoms. The minimum Gasteiger partial charge on any atom is -0.288 e. The Bertz CT molecular complexity index is 581. The lowest BCUT2D eigenvalue weighted by Gasteiger charge is -1.92. The van der Waals surface area contributed by atoms with Crippen LogP contribution in [0.4, 0.5) is 0 Å². The van der Waals surface area contributed by atoms with Crippen molar-refractivity contribution >= 4 is 28.9 Å². The number of aliphatic imine (C=N–C) groups is 1. The molecular weight excluding hydrogens is 210 g/mol. The molecule has 0 amide bonds. The minimum absolute atomic E-state index is 0.715. The van der Waals surface area contributed by atoms with Gasteiger partial charge in [-0.2, -0.15) is 5.10 Å². The van der Waals surface area contributed by atoms with Crippen molar-refractivity contribution in [1.29, 1.82) is 0 Å². The van der Waals surface area contributed by atoms with Gasteiger partial charge in [-0.25, -0.2) is 4.52 Å². The molecule has 0 atom stereocenters. The summed E-state index contributed by atoms with van der Waals surface area (Å²) < 4.78 is 1.78. The average molecular weight is 218 g/mol. The minimum atomic E-state index is 0.715. The van der Waals surface area contributed by atoms with Gasteiger partial charge in [0.15, 0.2) is 0 Å². The second-order valence-electron chi connectivity index (χ2n) is 3.39. The fourth-order valence-electron chi connectivity index (χ4n) is 1.69. The summed E-state index contributed by atoms with van der Waals surface area (Å²) in [4.78, 5) is 4.15. The van der Waals surface area contributed by atoms with E-state index in [4.69, 9.17) is 11.6 Å². The number of fused-ring (bicyclic) bond motifs is 1. The van der Waals surface area contributed by atoms with Gasteiger partial charge in [-0.05, 0) is 17.7 Å². The van der Waals surface area contributed by atoms with Crippen LogP contribution in [0.3, 0.4) is 0 Å². The zero-order valence-electron chi connectivity index (χ0n) is 7.89. The molecule has 0 fully saturated rings. The molecule has 3 heterocycles. The molecule has 3 nitrogen and oxygen atoms in total. The second kappa shape index (κ2) is 3.21. The molecule has 2 aromatic rings. The molecule has 0 radical (unpaired) electrons. The summed E-state index contributed by atoms with van der Waals surface area (Å²) in [6, 6.07) is 3.82. The molecule has 2 aromatic heterocycles. The van der Waals surface area contributed by atoms with Crippen LogP contribution in [0.5, 0.6) is 0 Å². The number of allylic oxidation sites excluding steroid dienone is 1. The molecule has 15 heavy (non-hydrogen) atoms. The molecule has 0 saturated heterocycles. The predicted molar refractivity (Wildman–Crippen MR) is 61.5 cm³/mol. The Morgan fingerprint density at radius 1 is 1.40 bits per heavy atom. The highest BCUT2D eigenvalue weighted by Gasteiger charge is 2.08. The van der Waals surface area contributed by atoms with Crippen LogP contribution < -0.4 is 0 Å².